The molecule has 0 aromatic heterocycles. The number of rotatable bonds is 5. The van der Waals surface area contributed by atoms with E-state index >= 15 is 0 Å². The lowest BCUT2D eigenvalue weighted by atomic mass is 10.1. The van der Waals surface area contributed by atoms with Crippen molar-refractivity contribution in [2.45, 2.75) is 53.0 Å². The van der Waals surface area contributed by atoms with E-state index in [1.807, 2.05) is 26.0 Å². The highest BCUT2D eigenvalue weighted by Crippen LogP contribution is 2.27. The molecule has 1 N–H and O–H groups in total. The van der Waals surface area contributed by atoms with Gasteiger partial charge in [-0.3, -0.25) is 9.59 Å². The first-order valence-corrected chi connectivity index (χ1v) is 8.13. The summed E-state index contributed by atoms with van der Waals surface area (Å²) in [6.07, 6.45) is 2.15. The minimum atomic E-state index is -0.242. The highest BCUT2D eigenvalue weighted by Gasteiger charge is 2.35. The standard InChI is InChI=1S/C18H26N2O2/c1-5-15(6-2)19-18(22)14-10-17(21)20(11-14)16-8-12(3)7-13(4)9-16/h7-9,14-15H,5-6,10-11H2,1-4H3,(H,19,22). The number of hydrogen-bond acceptors (Lipinski definition) is 2. The predicted octanol–water partition coefficient (Wildman–Crippen LogP) is 2.96. The summed E-state index contributed by atoms with van der Waals surface area (Å²) in [7, 11) is 0. The molecule has 4 nitrogen and oxygen atoms in total. The van der Waals surface area contributed by atoms with Crippen LogP contribution in [-0.4, -0.2) is 24.4 Å². The zero-order valence-corrected chi connectivity index (χ0v) is 14.0. The molecule has 0 radical (unpaired) electrons. The maximum absolute atomic E-state index is 12.3. The molecule has 1 aromatic rings. The second-order valence-corrected chi connectivity index (χ2v) is 6.27. The third-order valence-electron chi connectivity index (χ3n) is 4.35. The Labute approximate surface area is 132 Å². The number of benzene rings is 1. The summed E-state index contributed by atoms with van der Waals surface area (Å²) in [5.74, 6) is -0.197. The van der Waals surface area contributed by atoms with Crippen LogP contribution >= 0.6 is 0 Å². The summed E-state index contributed by atoms with van der Waals surface area (Å²) in [6.45, 7) is 8.66. The molecule has 120 valence electrons. The van der Waals surface area contributed by atoms with Gasteiger partial charge >= 0.3 is 0 Å². The van der Waals surface area contributed by atoms with Gasteiger partial charge in [0, 0.05) is 24.7 Å². The number of amides is 2. The summed E-state index contributed by atoms with van der Waals surface area (Å²) >= 11 is 0. The fourth-order valence-electron chi connectivity index (χ4n) is 3.05. The molecule has 2 amide bonds. The molecule has 0 aliphatic carbocycles. The molecule has 1 unspecified atom stereocenters. The van der Waals surface area contributed by atoms with Crippen LogP contribution in [0.25, 0.3) is 0 Å². The SMILES string of the molecule is CCC(CC)NC(=O)C1CC(=O)N(c2cc(C)cc(C)c2)C1. The van der Waals surface area contributed by atoms with Gasteiger partial charge in [0.1, 0.15) is 0 Å². The van der Waals surface area contributed by atoms with E-state index in [4.69, 9.17) is 0 Å². The van der Waals surface area contributed by atoms with Crippen LogP contribution in [0.5, 0.6) is 0 Å². The zero-order chi connectivity index (χ0) is 16.3. The van der Waals surface area contributed by atoms with E-state index in [2.05, 4.69) is 25.2 Å². The molecule has 1 saturated heterocycles. The monoisotopic (exact) mass is 302 g/mol. The molecular formula is C18H26N2O2. The Kier molecular flexibility index (Phi) is 5.22. The van der Waals surface area contributed by atoms with Crippen molar-refractivity contribution in [2.24, 2.45) is 5.92 Å². The third kappa shape index (κ3) is 3.67. The lowest BCUT2D eigenvalue weighted by Gasteiger charge is -2.20. The molecule has 0 spiro atoms. The first-order valence-electron chi connectivity index (χ1n) is 8.13. The number of carbonyl (C=O) groups excluding carboxylic acids is 2. The van der Waals surface area contributed by atoms with Crippen molar-refractivity contribution in [2.75, 3.05) is 11.4 Å². The number of carbonyl (C=O) groups is 2. The Bertz CT molecular complexity index is 544. The van der Waals surface area contributed by atoms with Crippen LogP contribution in [-0.2, 0) is 9.59 Å². The molecule has 0 bridgehead atoms. The first-order chi connectivity index (χ1) is 10.4. The van der Waals surface area contributed by atoms with Crippen LogP contribution in [0, 0.1) is 19.8 Å². The molecule has 2 rings (SSSR count). The Hall–Kier alpha value is -1.84. The third-order valence-corrected chi connectivity index (χ3v) is 4.35. The Balaban J connectivity index is 2.08. The molecule has 1 atom stereocenters. The molecule has 0 saturated carbocycles. The van der Waals surface area contributed by atoms with E-state index < -0.39 is 0 Å². The van der Waals surface area contributed by atoms with E-state index in [1.54, 1.807) is 4.90 Å². The van der Waals surface area contributed by atoms with Gasteiger partial charge in [0.25, 0.3) is 0 Å². The summed E-state index contributed by atoms with van der Waals surface area (Å²) in [6, 6.07) is 6.30. The molecule has 1 heterocycles. The van der Waals surface area contributed by atoms with Gasteiger partial charge in [-0.2, -0.15) is 0 Å². The molecule has 1 aliphatic rings. The van der Waals surface area contributed by atoms with Crippen molar-refractivity contribution in [3.63, 3.8) is 0 Å². The fourth-order valence-corrected chi connectivity index (χ4v) is 3.05. The van der Waals surface area contributed by atoms with Crippen molar-refractivity contribution >= 4 is 17.5 Å². The van der Waals surface area contributed by atoms with Crippen molar-refractivity contribution in [1.82, 2.24) is 5.32 Å². The van der Waals surface area contributed by atoms with Gasteiger partial charge < -0.3 is 10.2 Å². The Morgan fingerprint density at radius 1 is 1.23 bits per heavy atom. The van der Waals surface area contributed by atoms with E-state index in [-0.39, 0.29) is 23.8 Å². The number of aryl methyl sites for hydroxylation is 2. The Morgan fingerprint density at radius 2 is 1.82 bits per heavy atom. The zero-order valence-electron chi connectivity index (χ0n) is 14.0. The smallest absolute Gasteiger partial charge is 0.227 e. The lowest BCUT2D eigenvalue weighted by molar-refractivity contribution is -0.127. The highest BCUT2D eigenvalue weighted by molar-refractivity contribution is 6.00. The fraction of sp³-hybridized carbons (Fsp3) is 0.556. The lowest BCUT2D eigenvalue weighted by Crippen LogP contribution is -2.39. The molecule has 1 aliphatic heterocycles. The van der Waals surface area contributed by atoms with Crippen LogP contribution in [0.1, 0.15) is 44.2 Å². The minimum Gasteiger partial charge on any atom is -0.353 e. The molecule has 1 fully saturated rings. The van der Waals surface area contributed by atoms with Gasteiger partial charge in [-0.25, -0.2) is 0 Å². The van der Waals surface area contributed by atoms with Gasteiger partial charge in [0.05, 0.1) is 5.92 Å². The van der Waals surface area contributed by atoms with Crippen LogP contribution in [0.4, 0.5) is 5.69 Å². The van der Waals surface area contributed by atoms with E-state index in [1.165, 1.54) is 0 Å². The van der Waals surface area contributed by atoms with E-state index in [0.717, 1.165) is 29.7 Å². The van der Waals surface area contributed by atoms with Gasteiger partial charge in [0.2, 0.25) is 11.8 Å². The first kappa shape index (κ1) is 16.5. The van der Waals surface area contributed by atoms with Crippen molar-refractivity contribution in [3.05, 3.63) is 29.3 Å². The second kappa shape index (κ2) is 6.95. The average Bonchev–Trinajstić information content (AvgIpc) is 2.85. The molecular weight excluding hydrogens is 276 g/mol. The van der Waals surface area contributed by atoms with Crippen LogP contribution in [0.15, 0.2) is 18.2 Å². The largest absolute Gasteiger partial charge is 0.353 e. The van der Waals surface area contributed by atoms with Gasteiger partial charge in [0.15, 0.2) is 0 Å². The summed E-state index contributed by atoms with van der Waals surface area (Å²) < 4.78 is 0. The number of hydrogen-bond donors (Lipinski definition) is 1. The predicted molar refractivity (Wildman–Crippen MR) is 88.9 cm³/mol. The number of nitrogens with zero attached hydrogens (tertiary/aromatic N) is 1. The minimum absolute atomic E-state index is 0.00826. The molecule has 1 aromatic carbocycles. The van der Waals surface area contributed by atoms with Crippen LogP contribution in [0.2, 0.25) is 0 Å². The summed E-state index contributed by atoms with van der Waals surface area (Å²) in [4.78, 5) is 26.4. The normalized spacial score (nSPS) is 18.1. The second-order valence-electron chi connectivity index (χ2n) is 6.27. The van der Waals surface area contributed by atoms with Gasteiger partial charge in [-0.1, -0.05) is 19.9 Å². The van der Waals surface area contributed by atoms with E-state index in [9.17, 15) is 9.59 Å². The molecule has 4 heteroatoms. The summed E-state index contributed by atoms with van der Waals surface area (Å²) in [5, 5.41) is 3.06. The maximum atomic E-state index is 12.3. The maximum Gasteiger partial charge on any atom is 0.227 e. The van der Waals surface area contributed by atoms with Crippen molar-refractivity contribution in [1.29, 1.82) is 0 Å². The average molecular weight is 302 g/mol. The summed E-state index contributed by atoms with van der Waals surface area (Å²) in [5.41, 5.74) is 3.17. The topological polar surface area (TPSA) is 49.4 Å². The van der Waals surface area contributed by atoms with Crippen LogP contribution in [0.3, 0.4) is 0 Å². The van der Waals surface area contributed by atoms with Crippen molar-refractivity contribution in [3.8, 4) is 0 Å². The van der Waals surface area contributed by atoms with E-state index in [0.29, 0.717) is 13.0 Å². The number of nitrogens with one attached hydrogen (secondary N) is 1. The van der Waals surface area contributed by atoms with Gasteiger partial charge in [-0.15, -0.1) is 0 Å². The molecule has 22 heavy (non-hydrogen) atoms. The quantitative estimate of drug-likeness (QED) is 0.909. The van der Waals surface area contributed by atoms with Crippen molar-refractivity contribution < 1.29 is 9.59 Å². The Morgan fingerprint density at radius 3 is 2.36 bits per heavy atom. The number of anilines is 1. The highest BCUT2D eigenvalue weighted by atomic mass is 16.2. The van der Waals surface area contributed by atoms with Crippen LogP contribution < -0.4 is 10.2 Å². The van der Waals surface area contributed by atoms with Gasteiger partial charge in [-0.05, 0) is 49.9 Å².